The van der Waals surface area contributed by atoms with Gasteiger partial charge in [-0.2, -0.15) is 0 Å². The maximum Gasteiger partial charge on any atom is 0.128 e. The van der Waals surface area contributed by atoms with Crippen LogP contribution >= 0.6 is 27.5 Å². The first-order chi connectivity index (χ1) is 9.51. The molecule has 0 amide bonds. The smallest absolute Gasteiger partial charge is 0.128 e. The van der Waals surface area contributed by atoms with Crippen molar-refractivity contribution in [2.24, 2.45) is 0 Å². The lowest BCUT2D eigenvalue weighted by molar-refractivity contribution is 0.198. The molecule has 0 bridgehead atoms. The normalized spacial score (nSPS) is 12.2. The Hall–Kier alpha value is -1.03. The maximum absolute atomic E-state index is 9.60. The summed E-state index contributed by atoms with van der Waals surface area (Å²) in [6.07, 6.45) is 0.349. The van der Waals surface area contributed by atoms with Crippen molar-refractivity contribution in [3.63, 3.8) is 0 Å². The van der Waals surface area contributed by atoms with E-state index in [2.05, 4.69) is 22.9 Å². The molecule has 1 N–H and O–H groups in total. The van der Waals surface area contributed by atoms with Crippen molar-refractivity contribution in [3.05, 3.63) is 57.0 Å². The molecule has 2 aromatic rings. The SMILES string of the molecule is CCc1cc(Oc2ccc([C@H](C)O)c(Br)c2)ccc1Cl. The number of aryl methyl sites for hydroxylation is 1. The second-order valence-electron chi connectivity index (χ2n) is 4.57. The number of ether oxygens (including phenoxy) is 1. The minimum Gasteiger partial charge on any atom is -0.457 e. The number of benzene rings is 2. The van der Waals surface area contributed by atoms with E-state index in [4.69, 9.17) is 16.3 Å². The van der Waals surface area contributed by atoms with E-state index in [1.54, 1.807) is 6.92 Å². The Bertz CT molecular complexity index is 611. The average molecular weight is 356 g/mol. The molecule has 0 aliphatic rings. The molecular weight excluding hydrogens is 340 g/mol. The molecule has 2 rings (SSSR count). The number of rotatable bonds is 4. The van der Waals surface area contributed by atoms with Crippen LogP contribution in [0.25, 0.3) is 0 Å². The molecule has 0 heterocycles. The Morgan fingerprint density at radius 1 is 1.20 bits per heavy atom. The summed E-state index contributed by atoms with van der Waals surface area (Å²) in [6, 6.07) is 11.2. The summed E-state index contributed by atoms with van der Waals surface area (Å²) in [5.41, 5.74) is 1.89. The van der Waals surface area contributed by atoms with Gasteiger partial charge in [0, 0.05) is 9.50 Å². The van der Waals surface area contributed by atoms with Gasteiger partial charge in [-0.05, 0) is 54.8 Å². The van der Waals surface area contributed by atoms with Gasteiger partial charge in [0.25, 0.3) is 0 Å². The van der Waals surface area contributed by atoms with E-state index in [-0.39, 0.29) is 0 Å². The second-order valence-corrected chi connectivity index (χ2v) is 5.83. The number of aliphatic hydroxyl groups is 1. The molecule has 0 fully saturated rings. The fourth-order valence-electron chi connectivity index (χ4n) is 1.93. The first-order valence-electron chi connectivity index (χ1n) is 6.45. The van der Waals surface area contributed by atoms with Gasteiger partial charge in [0.15, 0.2) is 0 Å². The fraction of sp³-hybridized carbons (Fsp3) is 0.250. The van der Waals surface area contributed by atoms with Gasteiger partial charge in [-0.15, -0.1) is 0 Å². The topological polar surface area (TPSA) is 29.5 Å². The predicted molar refractivity (Wildman–Crippen MR) is 85.7 cm³/mol. The Kier molecular flexibility index (Phi) is 5.08. The summed E-state index contributed by atoms with van der Waals surface area (Å²) in [5, 5.41) is 10.4. The standard InChI is InChI=1S/C16H16BrClO2/c1-3-11-8-12(5-7-16(11)18)20-13-4-6-14(10(2)19)15(17)9-13/h4-10,19H,3H2,1-2H3/t10-/m0/s1. The highest BCUT2D eigenvalue weighted by atomic mass is 79.9. The van der Waals surface area contributed by atoms with Crippen LogP contribution < -0.4 is 4.74 Å². The molecule has 0 aromatic heterocycles. The Balaban J connectivity index is 2.24. The maximum atomic E-state index is 9.60. The summed E-state index contributed by atoms with van der Waals surface area (Å²) in [6.45, 7) is 3.78. The van der Waals surface area contributed by atoms with Crippen LogP contribution in [-0.2, 0) is 6.42 Å². The van der Waals surface area contributed by atoms with Crippen molar-refractivity contribution >= 4 is 27.5 Å². The van der Waals surface area contributed by atoms with Crippen LogP contribution in [0.3, 0.4) is 0 Å². The lowest BCUT2D eigenvalue weighted by atomic mass is 10.1. The minimum absolute atomic E-state index is 0.513. The van der Waals surface area contributed by atoms with E-state index in [0.717, 1.165) is 32.8 Å². The molecule has 0 aliphatic heterocycles. The van der Waals surface area contributed by atoms with Gasteiger partial charge in [-0.25, -0.2) is 0 Å². The summed E-state index contributed by atoms with van der Waals surface area (Å²) < 4.78 is 6.65. The van der Waals surface area contributed by atoms with Crippen molar-refractivity contribution in [1.29, 1.82) is 0 Å². The van der Waals surface area contributed by atoms with E-state index in [1.165, 1.54) is 0 Å². The monoisotopic (exact) mass is 354 g/mol. The number of aliphatic hydroxyl groups excluding tert-OH is 1. The Morgan fingerprint density at radius 3 is 2.45 bits per heavy atom. The zero-order valence-electron chi connectivity index (χ0n) is 11.4. The molecular formula is C16H16BrClO2. The largest absolute Gasteiger partial charge is 0.457 e. The van der Waals surface area contributed by atoms with Gasteiger partial charge in [-0.1, -0.05) is 40.5 Å². The average Bonchev–Trinajstić information content (AvgIpc) is 2.40. The zero-order chi connectivity index (χ0) is 14.7. The third-order valence-electron chi connectivity index (χ3n) is 3.06. The van der Waals surface area contributed by atoms with Crippen molar-refractivity contribution in [2.45, 2.75) is 26.4 Å². The van der Waals surface area contributed by atoms with E-state index >= 15 is 0 Å². The summed E-state index contributed by atoms with van der Waals surface area (Å²) in [7, 11) is 0. The third-order valence-corrected chi connectivity index (χ3v) is 4.11. The minimum atomic E-state index is -0.513. The van der Waals surface area contributed by atoms with Crippen LogP contribution in [0, 0.1) is 0 Å². The van der Waals surface area contributed by atoms with Gasteiger partial charge in [-0.3, -0.25) is 0 Å². The second kappa shape index (κ2) is 6.61. The molecule has 2 aromatic carbocycles. The molecule has 4 heteroatoms. The molecule has 106 valence electrons. The van der Waals surface area contributed by atoms with Crippen molar-refractivity contribution in [3.8, 4) is 11.5 Å². The quantitative estimate of drug-likeness (QED) is 0.783. The highest BCUT2D eigenvalue weighted by Gasteiger charge is 2.08. The molecule has 0 unspecified atom stereocenters. The van der Waals surface area contributed by atoms with Crippen LogP contribution in [0.4, 0.5) is 0 Å². The van der Waals surface area contributed by atoms with Crippen LogP contribution in [0.15, 0.2) is 40.9 Å². The molecule has 2 nitrogen and oxygen atoms in total. The van der Waals surface area contributed by atoms with Crippen molar-refractivity contribution in [1.82, 2.24) is 0 Å². The van der Waals surface area contributed by atoms with Gasteiger partial charge in [0.2, 0.25) is 0 Å². The number of hydrogen-bond acceptors (Lipinski definition) is 2. The first kappa shape index (κ1) is 15.4. The zero-order valence-corrected chi connectivity index (χ0v) is 13.7. The van der Waals surface area contributed by atoms with Gasteiger partial charge >= 0.3 is 0 Å². The van der Waals surface area contributed by atoms with E-state index in [9.17, 15) is 5.11 Å². The molecule has 1 atom stereocenters. The van der Waals surface area contributed by atoms with Gasteiger partial charge in [0.1, 0.15) is 11.5 Å². The Labute approximate surface area is 132 Å². The predicted octanol–water partition coefficient (Wildman–Crippen LogP) is 5.51. The van der Waals surface area contributed by atoms with Crippen LogP contribution in [0.2, 0.25) is 5.02 Å². The van der Waals surface area contributed by atoms with Gasteiger partial charge < -0.3 is 9.84 Å². The third kappa shape index (κ3) is 3.54. The molecule has 20 heavy (non-hydrogen) atoms. The van der Waals surface area contributed by atoms with E-state index in [1.807, 2.05) is 36.4 Å². The summed E-state index contributed by atoms with van der Waals surface area (Å²) in [4.78, 5) is 0. The molecule has 0 saturated carbocycles. The molecule has 0 saturated heterocycles. The van der Waals surface area contributed by atoms with Crippen LogP contribution in [0.1, 0.15) is 31.1 Å². The highest BCUT2D eigenvalue weighted by Crippen LogP contribution is 2.31. The molecule has 0 aliphatic carbocycles. The van der Waals surface area contributed by atoms with Crippen LogP contribution in [0.5, 0.6) is 11.5 Å². The van der Waals surface area contributed by atoms with Crippen molar-refractivity contribution < 1.29 is 9.84 Å². The Morgan fingerprint density at radius 2 is 1.85 bits per heavy atom. The number of halogens is 2. The lowest BCUT2D eigenvalue weighted by Gasteiger charge is -2.11. The summed E-state index contributed by atoms with van der Waals surface area (Å²) >= 11 is 9.53. The summed E-state index contributed by atoms with van der Waals surface area (Å²) in [5.74, 6) is 1.47. The first-order valence-corrected chi connectivity index (χ1v) is 7.62. The van der Waals surface area contributed by atoms with E-state index in [0.29, 0.717) is 5.75 Å². The molecule has 0 radical (unpaired) electrons. The van der Waals surface area contributed by atoms with E-state index < -0.39 is 6.10 Å². The van der Waals surface area contributed by atoms with Crippen LogP contribution in [-0.4, -0.2) is 5.11 Å². The van der Waals surface area contributed by atoms with Gasteiger partial charge in [0.05, 0.1) is 6.10 Å². The molecule has 0 spiro atoms. The fourth-order valence-corrected chi connectivity index (χ4v) is 2.87. The van der Waals surface area contributed by atoms with Crippen molar-refractivity contribution in [2.75, 3.05) is 0 Å². The number of hydrogen-bond donors (Lipinski definition) is 1. The highest BCUT2D eigenvalue weighted by molar-refractivity contribution is 9.10. The lowest BCUT2D eigenvalue weighted by Crippen LogP contribution is -1.93.